The maximum Gasteiger partial charge on any atom is 0.274 e. The topological polar surface area (TPSA) is 55.2 Å². The van der Waals surface area contributed by atoms with E-state index in [0.717, 1.165) is 10.2 Å². The minimum Gasteiger partial charge on any atom is -0.379 e. The van der Waals surface area contributed by atoms with Crippen molar-refractivity contribution in [2.24, 2.45) is 0 Å². The molecule has 0 saturated heterocycles. The molecule has 4 nitrogen and oxygen atoms in total. The largest absolute Gasteiger partial charge is 0.379 e. The van der Waals surface area contributed by atoms with Gasteiger partial charge in [0.2, 0.25) is 0 Å². The van der Waals surface area contributed by atoms with Crippen molar-refractivity contribution in [3.05, 3.63) is 54.2 Å². The first kappa shape index (κ1) is 14.0. The molecule has 1 heterocycles. The fraction of sp³-hybridized carbons (Fsp3) is 0.231. The Hall–Kier alpha value is -1.40. The number of hydrogen-bond acceptors (Lipinski definition) is 4. The zero-order valence-corrected chi connectivity index (χ0v) is 13.0. The van der Waals surface area contributed by atoms with Crippen LogP contribution in [0.1, 0.15) is 16.0 Å². The third kappa shape index (κ3) is 3.13. The summed E-state index contributed by atoms with van der Waals surface area (Å²) < 4.78 is 0.838. The van der Waals surface area contributed by atoms with E-state index in [9.17, 15) is 10.1 Å². The van der Waals surface area contributed by atoms with E-state index in [-0.39, 0.29) is 10.6 Å². The number of aryl methyl sites for hydroxylation is 2. The van der Waals surface area contributed by atoms with Crippen molar-refractivity contribution in [2.45, 2.75) is 20.4 Å². The maximum absolute atomic E-state index is 10.9. The van der Waals surface area contributed by atoms with Gasteiger partial charge in [-0.15, -0.1) is 11.3 Å². The van der Waals surface area contributed by atoms with Gasteiger partial charge in [-0.3, -0.25) is 10.1 Å². The Morgan fingerprint density at radius 3 is 2.68 bits per heavy atom. The Kier molecular flexibility index (Phi) is 4.21. The molecule has 0 amide bonds. The van der Waals surface area contributed by atoms with Crippen molar-refractivity contribution < 1.29 is 4.92 Å². The SMILES string of the molecule is Cc1cc(Br)c(NCc2sccc2C)cc1[N+](=O)[O-]. The molecule has 1 aromatic heterocycles. The van der Waals surface area contributed by atoms with Gasteiger partial charge in [0, 0.05) is 27.5 Å². The second-order valence-electron chi connectivity index (χ2n) is 4.26. The normalized spacial score (nSPS) is 10.5. The standard InChI is InChI=1S/C13H13BrN2O2S/c1-8-3-4-19-13(8)7-15-11-6-12(16(17)18)9(2)5-10(11)14/h3-6,15H,7H2,1-2H3. The minimum atomic E-state index is -0.358. The first-order valence-corrected chi connectivity index (χ1v) is 7.37. The molecule has 1 N–H and O–H groups in total. The number of rotatable bonds is 4. The highest BCUT2D eigenvalue weighted by molar-refractivity contribution is 9.10. The van der Waals surface area contributed by atoms with Crippen LogP contribution in [0.3, 0.4) is 0 Å². The lowest BCUT2D eigenvalue weighted by Crippen LogP contribution is -2.01. The van der Waals surface area contributed by atoms with Crippen LogP contribution in [-0.4, -0.2) is 4.92 Å². The summed E-state index contributed by atoms with van der Waals surface area (Å²) in [5.74, 6) is 0. The second kappa shape index (κ2) is 5.71. The van der Waals surface area contributed by atoms with Crippen molar-refractivity contribution in [1.29, 1.82) is 0 Å². The summed E-state index contributed by atoms with van der Waals surface area (Å²) in [4.78, 5) is 11.8. The summed E-state index contributed by atoms with van der Waals surface area (Å²) in [5.41, 5.74) is 2.75. The lowest BCUT2D eigenvalue weighted by molar-refractivity contribution is -0.385. The zero-order chi connectivity index (χ0) is 14.0. The molecule has 2 rings (SSSR count). The predicted octanol–water partition coefficient (Wildman–Crippen LogP) is 4.65. The van der Waals surface area contributed by atoms with Crippen LogP contribution >= 0.6 is 27.3 Å². The number of hydrogen-bond donors (Lipinski definition) is 1. The number of nitrogens with zero attached hydrogens (tertiary/aromatic N) is 1. The van der Waals surface area contributed by atoms with Gasteiger partial charge in [-0.1, -0.05) is 0 Å². The summed E-state index contributed by atoms with van der Waals surface area (Å²) in [6.45, 7) is 4.46. The van der Waals surface area contributed by atoms with Gasteiger partial charge < -0.3 is 5.32 Å². The van der Waals surface area contributed by atoms with E-state index in [1.807, 2.05) is 5.38 Å². The molecule has 0 aliphatic heterocycles. The average molecular weight is 341 g/mol. The third-order valence-electron chi connectivity index (χ3n) is 2.89. The summed E-state index contributed by atoms with van der Waals surface area (Å²) >= 11 is 5.11. The lowest BCUT2D eigenvalue weighted by atomic mass is 10.2. The molecule has 0 aliphatic carbocycles. The molecular formula is C13H13BrN2O2S. The highest BCUT2D eigenvalue weighted by Gasteiger charge is 2.14. The van der Waals surface area contributed by atoms with Crippen LogP contribution < -0.4 is 5.32 Å². The molecule has 0 unspecified atom stereocenters. The monoisotopic (exact) mass is 340 g/mol. The summed E-state index contributed by atoms with van der Waals surface area (Å²) in [6, 6.07) is 5.40. The number of nitro groups is 1. The molecule has 100 valence electrons. The van der Waals surface area contributed by atoms with Crippen molar-refractivity contribution in [2.75, 3.05) is 5.32 Å². The van der Waals surface area contributed by atoms with Gasteiger partial charge >= 0.3 is 0 Å². The van der Waals surface area contributed by atoms with Crippen molar-refractivity contribution in [3.8, 4) is 0 Å². The third-order valence-corrected chi connectivity index (χ3v) is 4.57. The van der Waals surface area contributed by atoms with Crippen molar-refractivity contribution in [1.82, 2.24) is 0 Å². The van der Waals surface area contributed by atoms with Gasteiger partial charge in [0.25, 0.3) is 5.69 Å². The first-order chi connectivity index (χ1) is 8.99. The Balaban J connectivity index is 2.23. The maximum atomic E-state index is 10.9. The van der Waals surface area contributed by atoms with E-state index >= 15 is 0 Å². The van der Waals surface area contributed by atoms with E-state index in [0.29, 0.717) is 12.1 Å². The molecule has 0 radical (unpaired) electrons. The van der Waals surface area contributed by atoms with Crippen LogP contribution in [0.4, 0.5) is 11.4 Å². The van der Waals surface area contributed by atoms with Crippen LogP contribution in [0.25, 0.3) is 0 Å². The number of halogens is 1. The smallest absolute Gasteiger partial charge is 0.274 e. The van der Waals surface area contributed by atoms with E-state index in [2.05, 4.69) is 34.2 Å². The van der Waals surface area contributed by atoms with Gasteiger partial charge in [-0.05, 0) is 52.9 Å². The molecule has 6 heteroatoms. The van der Waals surface area contributed by atoms with Crippen LogP contribution in [0.5, 0.6) is 0 Å². The molecule has 0 fully saturated rings. The van der Waals surface area contributed by atoms with Gasteiger partial charge in [-0.25, -0.2) is 0 Å². The highest BCUT2D eigenvalue weighted by atomic mass is 79.9. The van der Waals surface area contributed by atoms with Gasteiger partial charge in [-0.2, -0.15) is 0 Å². The molecule has 0 saturated carbocycles. The number of benzene rings is 1. The predicted molar refractivity (Wildman–Crippen MR) is 81.9 cm³/mol. The summed E-state index contributed by atoms with van der Waals surface area (Å²) in [5, 5.41) is 16.2. The second-order valence-corrected chi connectivity index (χ2v) is 6.11. The Bertz CT molecular complexity index is 625. The number of thiophene rings is 1. The molecule has 0 atom stereocenters. The molecule has 0 spiro atoms. The van der Waals surface area contributed by atoms with Crippen molar-refractivity contribution in [3.63, 3.8) is 0 Å². The Labute approximate surface area is 123 Å². The molecule has 1 aromatic carbocycles. The Morgan fingerprint density at radius 1 is 1.37 bits per heavy atom. The van der Waals surface area contributed by atoms with Crippen LogP contribution in [0.15, 0.2) is 28.1 Å². The quantitative estimate of drug-likeness (QED) is 0.651. The summed E-state index contributed by atoms with van der Waals surface area (Å²) in [7, 11) is 0. The van der Waals surface area contributed by atoms with Crippen molar-refractivity contribution >= 4 is 38.6 Å². The fourth-order valence-corrected chi connectivity index (χ4v) is 3.20. The number of nitro benzene ring substituents is 1. The first-order valence-electron chi connectivity index (χ1n) is 5.70. The van der Waals surface area contributed by atoms with Crippen LogP contribution in [-0.2, 0) is 6.54 Å². The molecule has 2 aromatic rings. The number of nitrogens with one attached hydrogen (secondary N) is 1. The van der Waals surface area contributed by atoms with Gasteiger partial charge in [0.1, 0.15) is 0 Å². The lowest BCUT2D eigenvalue weighted by Gasteiger charge is -2.09. The average Bonchev–Trinajstić information content (AvgIpc) is 2.73. The molecule has 0 aliphatic rings. The molecular weight excluding hydrogens is 328 g/mol. The zero-order valence-electron chi connectivity index (χ0n) is 10.6. The van der Waals surface area contributed by atoms with E-state index in [1.165, 1.54) is 10.4 Å². The molecule has 19 heavy (non-hydrogen) atoms. The summed E-state index contributed by atoms with van der Waals surface area (Å²) in [6.07, 6.45) is 0. The highest BCUT2D eigenvalue weighted by Crippen LogP contribution is 2.31. The van der Waals surface area contributed by atoms with E-state index < -0.39 is 0 Å². The Morgan fingerprint density at radius 2 is 2.11 bits per heavy atom. The minimum absolute atomic E-state index is 0.133. The van der Waals surface area contributed by atoms with Gasteiger partial charge in [0.05, 0.1) is 10.6 Å². The van der Waals surface area contributed by atoms with Gasteiger partial charge in [0.15, 0.2) is 0 Å². The van der Waals surface area contributed by atoms with E-state index in [1.54, 1.807) is 30.4 Å². The molecule has 0 bridgehead atoms. The van der Waals surface area contributed by atoms with Crippen LogP contribution in [0.2, 0.25) is 0 Å². The van der Waals surface area contributed by atoms with Crippen LogP contribution in [0, 0.1) is 24.0 Å². The fourth-order valence-electron chi connectivity index (χ4n) is 1.75. The number of anilines is 1. The van der Waals surface area contributed by atoms with E-state index in [4.69, 9.17) is 0 Å².